The Kier molecular flexibility index (Phi) is 6.06. The topological polar surface area (TPSA) is 29.3 Å². The van der Waals surface area contributed by atoms with E-state index in [1.54, 1.807) is 0 Å². The molecule has 1 aromatic rings. The number of halogens is 1. The molecule has 3 heteroatoms. The minimum atomic E-state index is 0.348. The van der Waals surface area contributed by atoms with Crippen LogP contribution in [0.2, 0.25) is 0 Å². The number of aryl methyl sites for hydroxylation is 1. The molecule has 0 saturated carbocycles. The maximum absolute atomic E-state index is 6.10. The molecule has 0 spiro atoms. The third-order valence-corrected chi connectivity index (χ3v) is 5.33. The summed E-state index contributed by atoms with van der Waals surface area (Å²) in [7, 11) is 0. The quantitative estimate of drug-likeness (QED) is 0.888. The predicted octanol–water partition coefficient (Wildman–Crippen LogP) is 4.27. The Hall–Kier alpha value is -0.380. The van der Waals surface area contributed by atoms with Crippen molar-refractivity contribution >= 4 is 15.9 Å². The molecule has 0 bridgehead atoms. The summed E-state index contributed by atoms with van der Waals surface area (Å²) in [5.74, 6) is 0.903. The molecule has 1 aliphatic rings. The Morgan fingerprint density at radius 3 is 2.80 bits per heavy atom. The van der Waals surface area contributed by atoms with Crippen molar-refractivity contribution in [3.63, 3.8) is 0 Å². The van der Waals surface area contributed by atoms with E-state index in [0.29, 0.717) is 12.6 Å². The summed E-state index contributed by atoms with van der Waals surface area (Å²) < 4.78 is 1.20. The number of likely N-dealkylation sites (tertiary alicyclic amines) is 1. The molecule has 112 valence electrons. The summed E-state index contributed by atoms with van der Waals surface area (Å²) >= 11 is 3.72. The maximum atomic E-state index is 6.10. The first-order chi connectivity index (χ1) is 9.65. The van der Waals surface area contributed by atoms with Crippen LogP contribution in [0.15, 0.2) is 22.7 Å². The van der Waals surface area contributed by atoms with Gasteiger partial charge in [0.05, 0.1) is 0 Å². The number of benzene rings is 1. The lowest BCUT2D eigenvalue weighted by Gasteiger charge is -2.31. The lowest BCUT2D eigenvalue weighted by atomic mass is 9.98. The zero-order chi connectivity index (χ0) is 14.5. The summed E-state index contributed by atoms with van der Waals surface area (Å²) in [5, 5.41) is 0. The maximum Gasteiger partial charge on any atom is 0.0481 e. The van der Waals surface area contributed by atoms with Crippen LogP contribution in [0.4, 0.5) is 0 Å². The van der Waals surface area contributed by atoms with Crippen molar-refractivity contribution in [3.05, 3.63) is 33.8 Å². The normalized spacial score (nSPS) is 22.5. The smallest absolute Gasteiger partial charge is 0.0481 e. The van der Waals surface area contributed by atoms with E-state index in [9.17, 15) is 0 Å². The van der Waals surface area contributed by atoms with Crippen LogP contribution < -0.4 is 5.73 Å². The number of hydrogen-bond acceptors (Lipinski definition) is 2. The van der Waals surface area contributed by atoms with Gasteiger partial charge in [-0.15, -0.1) is 0 Å². The molecular weight excluding hydrogens is 312 g/mol. The number of nitrogens with zero attached hydrogens (tertiary/aromatic N) is 1. The standard InChI is InChI=1S/C17H27BrN2/c1-3-14-5-4-9-20(10-8-14)17(12-19)15-7-6-13(2)11-16(15)18/h6-7,11,14,17H,3-5,8-10,12,19H2,1-2H3. The molecule has 1 heterocycles. The summed E-state index contributed by atoms with van der Waals surface area (Å²) in [6.07, 6.45) is 5.31. The third-order valence-electron chi connectivity index (χ3n) is 4.64. The van der Waals surface area contributed by atoms with Gasteiger partial charge in [-0.1, -0.05) is 41.4 Å². The van der Waals surface area contributed by atoms with Crippen LogP contribution in [0.3, 0.4) is 0 Å². The Balaban J connectivity index is 2.15. The van der Waals surface area contributed by atoms with Gasteiger partial charge in [-0.2, -0.15) is 0 Å². The van der Waals surface area contributed by atoms with E-state index in [1.807, 2.05) is 0 Å². The van der Waals surface area contributed by atoms with E-state index in [-0.39, 0.29) is 0 Å². The van der Waals surface area contributed by atoms with Crippen LogP contribution in [0.5, 0.6) is 0 Å². The van der Waals surface area contributed by atoms with Crippen molar-refractivity contribution in [3.8, 4) is 0 Å². The third kappa shape index (κ3) is 3.84. The molecule has 0 aliphatic carbocycles. The van der Waals surface area contributed by atoms with E-state index >= 15 is 0 Å². The SMILES string of the molecule is CCC1CCCN(C(CN)c2ccc(C)cc2Br)CC1. The summed E-state index contributed by atoms with van der Waals surface area (Å²) in [6, 6.07) is 6.97. The number of nitrogens with two attached hydrogens (primary N) is 1. The minimum Gasteiger partial charge on any atom is -0.329 e. The minimum absolute atomic E-state index is 0.348. The fourth-order valence-corrected chi connectivity index (χ4v) is 4.04. The van der Waals surface area contributed by atoms with Crippen LogP contribution >= 0.6 is 15.9 Å². The molecule has 0 radical (unpaired) electrons. The monoisotopic (exact) mass is 338 g/mol. The molecule has 2 nitrogen and oxygen atoms in total. The molecule has 2 rings (SSSR count). The molecule has 2 atom stereocenters. The summed E-state index contributed by atoms with van der Waals surface area (Å²) in [4.78, 5) is 2.59. The molecule has 2 N–H and O–H groups in total. The van der Waals surface area contributed by atoms with Gasteiger partial charge in [-0.3, -0.25) is 4.90 Å². The average Bonchev–Trinajstić information content (AvgIpc) is 2.67. The van der Waals surface area contributed by atoms with E-state index < -0.39 is 0 Å². The zero-order valence-corrected chi connectivity index (χ0v) is 14.3. The molecule has 0 amide bonds. The van der Waals surface area contributed by atoms with Crippen molar-refractivity contribution in [2.24, 2.45) is 11.7 Å². The van der Waals surface area contributed by atoms with E-state index in [4.69, 9.17) is 5.73 Å². The van der Waals surface area contributed by atoms with Gasteiger partial charge in [-0.25, -0.2) is 0 Å². The largest absolute Gasteiger partial charge is 0.329 e. The van der Waals surface area contributed by atoms with Gasteiger partial charge in [0.15, 0.2) is 0 Å². The summed E-state index contributed by atoms with van der Waals surface area (Å²) in [6.45, 7) is 7.50. The van der Waals surface area contributed by atoms with Gasteiger partial charge in [0, 0.05) is 17.1 Å². The Morgan fingerprint density at radius 1 is 1.35 bits per heavy atom. The van der Waals surface area contributed by atoms with Crippen LogP contribution in [0.25, 0.3) is 0 Å². The van der Waals surface area contributed by atoms with Gasteiger partial charge >= 0.3 is 0 Å². The highest BCUT2D eigenvalue weighted by atomic mass is 79.9. The molecular formula is C17H27BrN2. The van der Waals surface area contributed by atoms with E-state index in [0.717, 1.165) is 5.92 Å². The van der Waals surface area contributed by atoms with Gasteiger partial charge in [0.1, 0.15) is 0 Å². The summed E-state index contributed by atoms with van der Waals surface area (Å²) in [5.41, 5.74) is 8.73. The molecule has 20 heavy (non-hydrogen) atoms. The second kappa shape index (κ2) is 7.58. The second-order valence-corrected chi connectivity index (χ2v) is 6.87. The van der Waals surface area contributed by atoms with Gasteiger partial charge in [-0.05, 0) is 62.4 Å². The first kappa shape index (κ1) is 16.0. The Bertz CT molecular complexity index is 433. The second-order valence-electron chi connectivity index (χ2n) is 6.02. The molecule has 2 unspecified atom stereocenters. The van der Waals surface area contributed by atoms with E-state index in [1.165, 1.54) is 54.4 Å². The van der Waals surface area contributed by atoms with Crippen molar-refractivity contribution in [2.45, 2.75) is 45.6 Å². The fraction of sp³-hybridized carbons (Fsp3) is 0.647. The highest BCUT2D eigenvalue weighted by Crippen LogP contribution is 2.31. The lowest BCUT2D eigenvalue weighted by Crippen LogP contribution is -2.34. The van der Waals surface area contributed by atoms with Gasteiger partial charge in [0.25, 0.3) is 0 Å². The highest BCUT2D eigenvalue weighted by Gasteiger charge is 2.24. The predicted molar refractivity (Wildman–Crippen MR) is 89.9 cm³/mol. The van der Waals surface area contributed by atoms with Crippen LogP contribution in [0, 0.1) is 12.8 Å². The first-order valence-electron chi connectivity index (χ1n) is 7.85. The van der Waals surface area contributed by atoms with Gasteiger partial charge < -0.3 is 5.73 Å². The average molecular weight is 339 g/mol. The molecule has 1 saturated heterocycles. The molecule has 1 aliphatic heterocycles. The molecule has 1 aromatic carbocycles. The lowest BCUT2D eigenvalue weighted by molar-refractivity contribution is 0.206. The first-order valence-corrected chi connectivity index (χ1v) is 8.65. The van der Waals surface area contributed by atoms with Crippen LogP contribution in [0.1, 0.15) is 49.8 Å². The van der Waals surface area contributed by atoms with Crippen molar-refractivity contribution in [1.29, 1.82) is 0 Å². The van der Waals surface area contributed by atoms with E-state index in [2.05, 4.69) is 52.9 Å². The highest BCUT2D eigenvalue weighted by molar-refractivity contribution is 9.10. The molecule has 0 aromatic heterocycles. The number of hydrogen-bond donors (Lipinski definition) is 1. The van der Waals surface area contributed by atoms with Crippen molar-refractivity contribution in [1.82, 2.24) is 4.90 Å². The van der Waals surface area contributed by atoms with Crippen LogP contribution in [-0.2, 0) is 0 Å². The van der Waals surface area contributed by atoms with Crippen molar-refractivity contribution < 1.29 is 0 Å². The van der Waals surface area contributed by atoms with Crippen LogP contribution in [-0.4, -0.2) is 24.5 Å². The molecule has 1 fully saturated rings. The fourth-order valence-electron chi connectivity index (χ4n) is 3.28. The van der Waals surface area contributed by atoms with Gasteiger partial charge in [0.2, 0.25) is 0 Å². The van der Waals surface area contributed by atoms with Crippen molar-refractivity contribution in [2.75, 3.05) is 19.6 Å². The zero-order valence-electron chi connectivity index (χ0n) is 12.7. The number of rotatable bonds is 4. The Morgan fingerprint density at radius 2 is 2.15 bits per heavy atom. The Labute approximate surface area is 131 Å².